The quantitative estimate of drug-likeness (QED) is 0.837. The first kappa shape index (κ1) is 13.0. The molecule has 2 aromatic heterocycles. The SMILES string of the molecule is CC(C)NCc1cnc(Sc2ccncc2)nc1. The lowest BCUT2D eigenvalue weighted by atomic mass is 10.3. The number of nitrogens with zero attached hydrogens (tertiary/aromatic N) is 3. The predicted octanol–water partition coefficient (Wildman–Crippen LogP) is 2.52. The van der Waals surface area contributed by atoms with Gasteiger partial charge in [-0.25, -0.2) is 9.97 Å². The van der Waals surface area contributed by atoms with Crippen LogP contribution in [0.25, 0.3) is 0 Å². The van der Waals surface area contributed by atoms with Crippen LogP contribution in [0.5, 0.6) is 0 Å². The number of aromatic nitrogens is 3. The van der Waals surface area contributed by atoms with E-state index in [4.69, 9.17) is 0 Å². The summed E-state index contributed by atoms with van der Waals surface area (Å²) >= 11 is 1.54. The third-order valence-electron chi connectivity index (χ3n) is 2.25. The van der Waals surface area contributed by atoms with Crippen LogP contribution in [0, 0.1) is 0 Å². The van der Waals surface area contributed by atoms with Crippen molar-refractivity contribution in [3.8, 4) is 0 Å². The Balaban J connectivity index is 1.95. The molecule has 0 aliphatic carbocycles. The summed E-state index contributed by atoms with van der Waals surface area (Å²) in [6.07, 6.45) is 7.27. The predicted molar refractivity (Wildman–Crippen MR) is 72.4 cm³/mol. The Morgan fingerprint density at radius 1 is 1.17 bits per heavy atom. The highest BCUT2D eigenvalue weighted by Crippen LogP contribution is 2.22. The van der Waals surface area contributed by atoms with E-state index in [-0.39, 0.29) is 0 Å². The molecular formula is C13H16N4S. The van der Waals surface area contributed by atoms with E-state index in [0.717, 1.165) is 22.2 Å². The normalized spacial score (nSPS) is 10.8. The molecule has 18 heavy (non-hydrogen) atoms. The molecule has 2 aromatic rings. The molecule has 2 rings (SSSR count). The minimum Gasteiger partial charge on any atom is -0.310 e. The fourth-order valence-corrected chi connectivity index (χ4v) is 2.00. The van der Waals surface area contributed by atoms with Crippen molar-refractivity contribution in [3.63, 3.8) is 0 Å². The Hall–Kier alpha value is -1.46. The van der Waals surface area contributed by atoms with Crippen LogP contribution in [0.1, 0.15) is 19.4 Å². The van der Waals surface area contributed by atoms with Crippen LogP contribution in [0.2, 0.25) is 0 Å². The molecule has 94 valence electrons. The molecule has 0 atom stereocenters. The molecule has 0 amide bonds. The molecule has 0 saturated carbocycles. The molecule has 0 aromatic carbocycles. The van der Waals surface area contributed by atoms with E-state index < -0.39 is 0 Å². The molecule has 0 saturated heterocycles. The van der Waals surface area contributed by atoms with Crippen LogP contribution in [0.4, 0.5) is 0 Å². The summed E-state index contributed by atoms with van der Waals surface area (Å²) in [4.78, 5) is 13.8. The van der Waals surface area contributed by atoms with Crippen LogP contribution in [0.15, 0.2) is 47.0 Å². The van der Waals surface area contributed by atoms with Gasteiger partial charge >= 0.3 is 0 Å². The molecule has 0 aliphatic heterocycles. The van der Waals surface area contributed by atoms with Crippen molar-refractivity contribution < 1.29 is 0 Å². The first-order chi connectivity index (χ1) is 8.74. The van der Waals surface area contributed by atoms with Gasteiger partial charge in [0.2, 0.25) is 0 Å². The monoisotopic (exact) mass is 260 g/mol. The summed E-state index contributed by atoms with van der Waals surface area (Å²) in [5, 5.41) is 4.09. The first-order valence-corrected chi connectivity index (χ1v) is 6.68. The van der Waals surface area contributed by atoms with E-state index in [9.17, 15) is 0 Å². The number of hydrogen-bond donors (Lipinski definition) is 1. The molecule has 5 heteroatoms. The van der Waals surface area contributed by atoms with Gasteiger partial charge in [-0.3, -0.25) is 4.98 Å². The molecule has 0 fully saturated rings. The zero-order chi connectivity index (χ0) is 12.8. The third kappa shape index (κ3) is 4.09. The van der Waals surface area contributed by atoms with Gasteiger partial charge in [0.1, 0.15) is 0 Å². The maximum absolute atomic E-state index is 4.34. The minimum absolute atomic E-state index is 0.468. The maximum Gasteiger partial charge on any atom is 0.192 e. The summed E-state index contributed by atoms with van der Waals surface area (Å²) in [5.41, 5.74) is 1.10. The van der Waals surface area contributed by atoms with Crippen molar-refractivity contribution in [3.05, 3.63) is 42.5 Å². The van der Waals surface area contributed by atoms with E-state index in [1.54, 1.807) is 12.4 Å². The van der Waals surface area contributed by atoms with E-state index in [1.165, 1.54) is 11.8 Å². The molecular weight excluding hydrogens is 244 g/mol. The standard InChI is InChI=1S/C13H16N4S/c1-10(2)15-7-11-8-16-13(17-9-11)18-12-3-5-14-6-4-12/h3-6,8-10,15H,7H2,1-2H3. The fraction of sp³-hybridized carbons (Fsp3) is 0.308. The minimum atomic E-state index is 0.468. The van der Waals surface area contributed by atoms with Gasteiger partial charge in [0, 0.05) is 47.8 Å². The van der Waals surface area contributed by atoms with Crippen LogP contribution in [-0.2, 0) is 6.54 Å². The van der Waals surface area contributed by atoms with Gasteiger partial charge in [-0.2, -0.15) is 0 Å². The molecule has 2 heterocycles. The van der Waals surface area contributed by atoms with Gasteiger partial charge in [0.25, 0.3) is 0 Å². The molecule has 0 unspecified atom stereocenters. The molecule has 0 bridgehead atoms. The van der Waals surface area contributed by atoms with Crippen molar-refractivity contribution in [2.24, 2.45) is 0 Å². The zero-order valence-corrected chi connectivity index (χ0v) is 11.3. The Bertz CT molecular complexity index is 470. The first-order valence-electron chi connectivity index (χ1n) is 5.86. The summed E-state index contributed by atoms with van der Waals surface area (Å²) < 4.78 is 0. The smallest absolute Gasteiger partial charge is 0.192 e. The number of pyridine rings is 1. The Labute approximate surface area is 111 Å². The lowest BCUT2D eigenvalue weighted by Gasteiger charge is -2.07. The van der Waals surface area contributed by atoms with Crippen LogP contribution in [-0.4, -0.2) is 21.0 Å². The van der Waals surface area contributed by atoms with Gasteiger partial charge in [0.15, 0.2) is 5.16 Å². The van der Waals surface area contributed by atoms with E-state index in [1.807, 2.05) is 24.5 Å². The number of hydrogen-bond acceptors (Lipinski definition) is 5. The van der Waals surface area contributed by atoms with Gasteiger partial charge in [-0.1, -0.05) is 13.8 Å². The summed E-state index contributed by atoms with van der Waals surface area (Å²) in [5.74, 6) is 0. The second-order valence-corrected chi connectivity index (χ2v) is 5.24. The summed E-state index contributed by atoms with van der Waals surface area (Å²) in [7, 11) is 0. The van der Waals surface area contributed by atoms with Gasteiger partial charge in [-0.15, -0.1) is 0 Å². The lowest BCUT2D eigenvalue weighted by molar-refractivity contribution is 0.585. The van der Waals surface area contributed by atoms with Crippen LogP contribution >= 0.6 is 11.8 Å². The largest absolute Gasteiger partial charge is 0.310 e. The second kappa shape index (κ2) is 6.47. The van der Waals surface area contributed by atoms with Crippen molar-refractivity contribution in [1.82, 2.24) is 20.3 Å². The summed E-state index contributed by atoms with van der Waals surface area (Å²) in [6, 6.07) is 4.36. The van der Waals surface area contributed by atoms with Gasteiger partial charge < -0.3 is 5.32 Å². The van der Waals surface area contributed by atoms with Crippen LogP contribution < -0.4 is 5.32 Å². The highest BCUT2D eigenvalue weighted by atomic mass is 32.2. The molecule has 4 nitrogen and oxygen atoms in total. The highest BCUT2D eigenvalue weighted by molar-refractivity contribution is 7.99. The average molecular weight is 260 g/mol. The molecule has 0 aliphatic rings. The van der Waals surface area contributed by atoms with Gasteiger partial charge in [0.05, 0.1) is 0 Å². The third-order valence-corrected chi connectivity index (χ3v) is 3.16. The Kier molecular flexibility index (Phi) is 4.66. The topological polar surface area (TPSA) is 50.7 Å². The zero-order valence-electron chi connectivity index (χ0n) is 10.5. The van der Waals surface area contributed by atoms with Crippen molar-refractivity contribution in [1.29, 1.82) is 0 Å². The fourth-order valence-electron chi connectivity index (χ4n) is 1.32. The van der Waals surface area contributed by atoms with Crippen molar-refractivity contribution >= 4 is 11.8 Å². The lowest BCUT2D eigenvalue weighted by Crippen LogP contribution is -2.21. The van der Waals surface area contributed by atoms with E-state index >= 15 is 0 Å². The molecule has 0 spiro atoms. The van der Waals surface area contributed by atoms with Crippen molar-refractivity contribution in [2.75, 3.05) is 0 Å². The van der Waals surface area contributed by atoms with E-state index in [0.29, 0.717) is 6.04 Å². The second-order valence-electron chi connectivity index (χ2n) is 4.19. The molecule has 0 radical (unpaired) electrons. The van der Waals surface area contributed by atoms with Crippen LogP contribution in [0.3, 0.4) is 0 Å². The Morgan fingerprint density at radius 2 is 1.83 bits per heavy atom. The maximum atomic E-state index is 4.34. The van der Waals surface area contributed by atoms with Gasteiger partial charge in [-0.05, 0) is 23.9 Å². The number of rotatable bonds is 5. The van der Waals surface area contributed by atoms with E-state index in [2.05, 4.69) is 34.1 Å². The Morgan fingerprint density at radius 3 is 2.44 bits per heavy atom. The highest BCUT2D eigenvalue weighted by Gasteiger charge is 2.01. The van der Waals surface area contributed by atoms with Crippen molar-refractivity contribution in [2.45, 2.75) is 36.5 Å². The summed E-state index contributed by atoms with van der Waals surface area (Å²) in [6.45, 7) is 5.04. The number of nitrogens with one attached hydrogen (secondary N) is 1. The average Bonchev–Trinajstić information content (AvgIpc) is 2.39. The molecule has 1 N–H and O–H groups in total.